The highest BCUT2D eigenvalue weighted by molar-refractivity contribution is 7.71. The van der Waals surface area contributed by atoms with Crippen LogP contribution in [0.5, 0.6) is 0 Å². The molecule has 0 spiro atoms. The van der Waals surface area contributed by atoms with Gasteiger partial charge in [-0.3, -0.25) is 14.2 Å². The van der Waals surface area contributed by atoms with Crippen LogP contribution < -0.4 is 10.9 Å². The Hall–Kier alpha value is -3.51. The van der Waals surface area contributed by atoms with E-state index in [1.807, 2.05) is 62.4 Å². The van der Waals surface area contributed by atoms with E-state index < -0.39 is 0 Å². The molecule has 0 fully saturated rings. The number of amides is 1. The van der Waals surface area contributed by atoms with E-state index in [2.05, 4.69) is 10.3 Å². The zero-order valence-corrected chi connectivity index (χ0v) is 16.8. The van der Waals surface area contributed by atoms with Crippen LogP contribution in [-0.4, -0.2) is 15.5 Å². The minimum Gasteiger partial charge on any atom is -0.331 e. The number of carbonyl (C=O) groups is 1. The zero-order chi connectivity index (χ0) is 20.5. The lowest BCUT2D eigenvalue weighted by atomic mass is 10.1. The molecule has 6 heteroatoms. The Bertz CT molecular complexity index is 1330. The van der Waals surface area contributed by atoms with E-state index in [-0.39, 0.29) is 16.2 Å². The lowest BCUT2D eigenvalue weighted by molar-refractivity contribution is 0.102. The van der Waals surface area contributed by atoms with E-state index in [1.165, 1.54) is 4.57 Å². The molecule has 0 aliphatic carbocycles. The number of anilines is 1. The molecule has 0 radical (unpaired) electrons. The van der Waals surface area contributed by atoms with E-state index in [9.17, 15) is 9.59 Å². The smallest absolute Gasteiger partial charge is 0.266 e. The number of carbonyl (C=O) groups excluding carboxylic acids is 1. The predicted octanol–water partition coefficient (Wildman–Crippen LogP) is 4.92. The molecule has 0 aliphatic rings. The summed E-state index contributed by atoms with van der Waals surface area (Å²) in [5, 5.41) is 3.37. The van der Waals surface area contributed by atoms with Gasteiger partial charge in [-0.05, 0) is 79.7 Å². The van der Waals surface area contributed by atoms with Crippen LogP contribution in [0.25, 0.3) is 16.6 Å². The Morgan fingerprint density at radius 3 is 2.34 bits per heavy atom. The maximum Gasteiger partial charge on any atom is 0.266 e. The van der Waals surface area contributed by atoms with Crippen LogP contribution in [0.1, 0.15) is 21.5 Å². The number of benzene rings is 3. The molecule has 1 amide bonds. The molecule has 144 valence electrons. The predicted molar refractivity (Wildman–Crippen MR) is 119 cm³/mol. The number of nitrogens with one attached hydrogen (secondary N) is 2. The van der Waals surface area contributed by atoms with Crippen molar-refractivity contribution in [3.63, 3.8) is 0 Å². The number of fused-ring (bicyclic) bond motifs is 1. The fourth-order valence-electron chi connectivity index (χ4n) is 3.42. The molecular weight excluding hydrogens is 382 g/mol. The fourth-order valence-corrected chi connectivity index (χ4v) is 3.72. The fraction of sp³-hybridized carbons (Fsp3) is 0.0870. The van der Waals surface area contributed by atoms with Gasteiger partial charge in [0, 0.05) is 11.3 Å². The first-order valence-corrected chi connectivity index (χ1v) is 9.57. The highest BCUT2D eigenvalue weighted by atomic mass is 32.1. The minimum atomic E-state index is -0.247. The van der Waals surface area contributed by atoms with E-state index in [0.717, 1.165) is 16.8 Å². The van der Waals surface area contributed by atoms with Gasteiger partial charge >= 0.3 is 0 Å². The number of para-hydroxylation sites is 1. The van der Waals surface area contributed by atoms with Crippen molar-refractivity contribution in [2.75, 3.05) is 5.32 Å². The molecular formula is C23H19N3O2S. The standard InChI is InChI=1S/C23H19N3O2S/c1-14-10-15(2)12-17(11-14)24-21(27)16-8-9-19-20(13-16)25-23(29)26(22(19)28)18-6-4-3-5-7-18/h3-13H,1-2H3,(H,24,27)(H,25,29). The first-order chi connectivity index (χ1) is 13.9. The van der Waals surface area contributed by atoms with Crippen molar-refractivity contribution in [1.29, 1.82) is 0 Å². The topological polar surface area (TPSA) is 66.9 Å². The van der Waals surface area contributed by atoms with Crippen molar-refractivity contribution in [3.05, 3.63) is 98.5 Å². The first-order valence-electron chi connectivity index (χ1n) is 9.16. The number of aromatic amines is 1. The Kier molecular flexibility index (Phi) is 4.86. The van der Waals surface area contributed by atoms with Gasteiger partial charge in [0.05, 0.1) is 16.6 Å². The summed E-state index contributed by atoms with van der Waals surface area (Å²) in [6, 6.07) is 20.0. The highest BCUT2D eigenvalue weighted by Gasteiger charge is 2.12. The van der Waals surface area contributed by atoms with Crippen LogP contribution in [-0.2, 0) is 0 Å². The molecule has 1 aromatic heterocycles. The highest BCUT2D eigenvalue weighted by Crippen LogP contribution is 2.17. The van der Waals surface area contributed by atoms with E-state index in [1.54, 1.807) is 18.2 Å². The van der Waals surface area contributed by atoms with E-state index in [0.29, 0.717) is 22.2 Å². The first kappa shape index (κ1) is 18.8. The van der Waals surface area contributed by atoms with Gasteiger partial charge in [0.15, 0.2) is 4.77 Å². The average Bonchev–Trinajstić information content (AvgIpc) is 2.67. The third kappa shape index (κ3) is 3.75. The van der Waals surface area contributed by atoms with Crippen LogP contribution in [0.4, 0.5) is 5.69 Å². The van der Waals surface area contributed by atoms with Gasteiger partial charge in [-0.15, -0.1) is 0 Å². The van der Waals surface area contributed by atoms with Crippen molar-refractivity contribution in [2.45, 2.75) is 13.8 Å². The SMILES string of the molecule is Cc1cc(C)cc(NC(=O)c2ccc3c(=O)n(-c4ccccc4)c(=S)[nH]c3c2)c1. The normalized spacial score (nSPS) is 10.8. The molecule has 3 aromatic carbocycles. The molecule has 5 nitrogen and oxygen atoms in total. The van der Waals surface area contributed by atoms with Crippen molar-refractivity contribution in [1.82, 2.24) is 9.55 Å². The summed E-state index contributed by atoms with van der Waals surface area (Å²) in [6.07, 6.45) is 0. The summed E-state index contributed by atoms with van der Waals surface area (Å²) in [6.45, 7) is 3.97. The van der Waals surface area contributed by atoms with Crippen LogP contribution in [0.15, 0.2) is 71.5 Å². The number of hydrogen-bond donors (Lipinski definition) is 2. The summed E-state index contributed by atoms with van der Waals surface area (Å²) < 4.78 is 1.73. The maximum absolute atomic E-state index is 13.0. The monoisotopic (exact) mass is 401 g/mol. The Balaban J connectivity index is 1.74. The lowest BCUT2D eigenvalue weighted by Crippen LogP contribution is -2.21. The Morgan fingerprint density at radius 2 is 1.66 bits per heavy atom. The van der Waals surface area contributed by atoms with Crippen molar-refractivity contribution >= 4 is 34.7 Å². The number of nitrogens with zero attached hydrogens (tertiary/aromatic N) is 1. The van der Waals surface area contributed by atoms with Crippen LogP contribution in [0, 0.1) is 18.6 Å². The number of aryl methyl sites for hydroxylation is 2. The van der Waals surface area contributed by atoms with E-state index in [4.69, 9.17) is 12.2 Å². The number of H-pyrrole nitrogens is 1. The molecule has 1 heterocycles. The lowest BCUT2D eigenvalue weighted by Gasteiger charge is -2.10. The van der Waals surface area contributed by atoms with Gasteiger partial charge in [0.2, 0.25) is 0 Å². The second-order valence-electron chi connectivity index (χ2n) is 7.00. The van der Waals surface area contributed by atoms with Crippen LogP contribution in [0.3, 0.4) is 0 Å². The molecule has 0 bridgehead atoms. The third-order valence-corrected chi connectivity index (χ3v) is 4.94. The van der Waals surface area contributed by atoms with Crippen molar-refractivity contribution < 1.29 is 4.79 Å². The van der Waals surface area contributed by atoms with Gasteiger partial charge < -0.3 is 10.3 Å². The quantitative estimate of drug-likeness (QED) is 0.479. The number of rotatable bonds is 3. The molecule has 0 saturated carbocycles. The largest absolute Gasteiger partial charge is 0.331 e. The van der Waals surface area contributed by atoms with Crippen molar-refractivity contribution in [2.24, 2.45) is 0 Å². The Labute approximate surface area is 172 Å². The van der Waals surface area contributed by atoms with Gasteiger partial charge in [-0.2, -0.15) is 0 Å². The molecule has 0 atom stereocenters. The average molecular weight is 401 g/mol. The second kappa shape index (κ2) is 7.48. The molecule has 0 unspecified atom stereocenters. The van der Waals surface area contributed by atoms with Crippen molar-refractivity contribution in [3.8, 4) is 5.69 Å². The summed E-state index contributed by atoms with van der Waals surface area (Å²) >= 11 is 5.40. The summed E-state index contributed by atoms with van der Waals surface area (Å²) in [4.78, 5) is 28.7. The van der Waals surface area contributed by atoms with E-state index >= 15 is 0 Å². The van der Waals surface area contributed by atoms with Gasteiger partial charge in [-0.1, -0.05) is 24.3 Å². The molecule has 4 aromatic rings. The number of hydrogen-bond acceptors (Lipinski definition) is 3. The summed E-state index contributed by atoms with van der Waals surface area (Å²) in [5.41, 5.74) is 4.32. The summed E-state index contributed by atoms with van der Waals surface area (Å²) in [7, 11) is 0. The minimum absolute atomic E-state index is 0.226. The molecule has 4 rings (SSSR count). The van der Waals surface area contributed by atoms with Crippen LogP contribution in [0.2, 0.25) is 0 Å². The number of aromatic nitrogens is 2. The van der Waals surface area contributed by atoms with Gasteiger partial charge in [0.1, 0.15) is 0 Å². The van der Waals surface area contributed by atoms with Gasteiger partial charge in [-0.25, -0.2) is 0 Å². The maximum atomic E-state index is 13.0. The van der Waals surface area contributed by atoms with Gasteiger partial charge in [0.25, 0.3) is 11.5 Å². The summed E-state index contributed by atoms with van der Waals surface area (Å²) in [5.74, 6) is -0.247. The zero-order valence-electron chi connectivity index (χ0n) is 16.0. The molecule has 0 aliphatic heterocycles. The third-order valence-electron chi connectivity index (χ3n) is 4.65. The molecule has 29 heavy (non-hydrogen) atoms. The van der Waals surface area contributed by atoms with Crippen LogP contribution >= 0.6 is 12.2 Å². The second-order valence-corrected chi connectivity index (χ2v) is 7.38. The molecule has 0 saturated heterocycles. The molecule has 2 N–H and O–H groups in total. The Morgan fingerprint density at radius 1 is 0.966 bits per heavy atom.